The molecule has 0 amide bonds. The molecule has 4 heteroatoms. The Morgan fingerprint density at radius 1 is 1.47 bits per heavy atom. The van der Waals surface area contributed by atoms with Crippen molar-refractivity contribution in [1.82, 2.24) is 9.88 Å². The summed E-state index contributed by atoms with van der Waals surface area (Å²) in [6.45, 7) is 5.03. The molecule has 0 spiro atoms. The van der Waals surface area contributed by atoms with E-state index in [-0.39, 0.29) is 6.61 Å². The van der Waals surface area contributed by atoms with E-state index in [2.05, 4.69) is 34.3 Å². The van der Waals surface area contributed by atoms with Crippen molar-refractivity contribution >= 4 is 5.82 Å². The molecule has 106 valence electrons. The first-order valence-corrected chi connectivity index (χ1v) is 7.37. The Kier molecular flexibility index (Phi) is 5.61. The quantitative estimate of drug-likeness (QED) is 0.755. The SMILES string of the molecule is CCCNc1cc(CN(CCO)C2CCC2)ccn1. The molecular weight excluding hydrogens is 238 g/mol. The predicted octanol–water partition coefficient (Wildman–Crippen LogP) is 2.25. The van der Waals surface area contributed by atoms with Crippen LogP contribution < -0.4 is 5.32 Å². The van der Waals surface area contributed by atoms with Crippen molar-refractivity contribution < 1.29 is 5.11 Å². The monoisotopic (exact) mass is 263 g/mol. The van der Waals surface area contributed by atoms with Gasteiger partial charge in [-0.2, -0.15) is 0 Å². The topological polar surface area (TPSA) is 48.4 Å². The zero-order valence-corrected chi connectivity index (χ0v) is 11.8. The molecule has 2 N–H and O–H groups in total. The molecule has 1 heterocycles. The summed E-state index contributed by atoms with van der Waals surface area (Å²) in [5.41, 5.74) is 1.27. The van der Waals surface area contributed by atoms with Gasteiger partial charge in [0, 0.05) is 31.9 Å². The fourth-order valence-electron chi connectivity index (χ4n) is 2.43. The van der Waals surface area contributed by atoms with E-state index in [1.807, 2.05) is 6.20 Å². The number of aromatic nitrogens is 1. The average molecular weight is 263 g/mol. The maximum absolute atomic E-state index is 9.19. The van der Waals surface area contributed by atoms with Gasteiger partial charge < -0.3 is 10.4 Å². The van der Waals surface area contributed by atoms with Crippen molar-refractivity contribution in [1.29, 1.82) is 0 Å². The van der Waals surface area contributed by atoms with Gasteiger partial charge in [-0.15, -0.1) is 0 Å². The molecule has 2 rings (SSSR count). The van der Waals surface area contributed by atoms with E-state index >= 15 is 0 Å². The van der Waals surface area contributed by atoms with Crippen molar-refractivity contribution in [2.24, 2.45) is 0 Å². The van der Waals surface area contributed by atoms with E-state index in [4.69, 9.17) is 0 Å². The zero-order valence-electron chi connectivity index (χ0n) is 11.8. The minimum Gasteiger partial charge on any atom is -0.395 e. The van der Waals surface area contributed by atoms with Gasteiger partial charge in [0.1, 0.15) is 5.82 Å². The van der Waals surface area contributed by atoms with E-state index in [0.717, 1.165) is 31.9 Å². The molecule has 19 heavy (non-hydrogen) atoms. The first-order valence-electron chi connectivity index (χ1n) is 7.37. The summed E-state index contributed by atoms with van der Waals surface area (Å²) < 4.78 is 0. The lowest BCUT2D eigenvalue weighted by Gasteiger charge is -2.37. The van der Waals surface area contributed by atoms with E-state index in [1.54, 1.807) is 0 Å². The largest absolute Gasteiger partial charge is 0.395 e. The first-order chi connectivity index (χ1) is 9.33. The maximum atomic E-state index is 9.19. The molecule has 1 fully saturated rings. The number of aliphatic hydroxyl groups excluding tert-OH is 1. The van der Waals surface area contributed by atoms with Crippen LogP contribution in [0.15, 0.2) is 18.3 Å². The van der Waals surface area contributed by atoms with Crippen molar-refractivity contribution in [3.05, 3.63) is 23.9 Å². The molecule has 1 aliphatic rings. The van der Waals surface area contributed by atoms with Gasteiger partial charge in [-0.1, -0.05) is 13.3 Å². The highest BCUT2D eigenvalue weighted by molar-refractivity contribution is 5.37. The number of pyridine rings is 1. The Bertz CT molecular complexity index is 379. The highest BCUT2D eigenvalue weighted by Gasteiger charge is 2.24. The fourth-order valence-corrected chi connectivity index (χ4v) is 2.43. The molecular formula is C15H25N3O. The van der Waals surface area contributed by atoms with Crippen LogP contribution in [0, 0.1) is 0 Å². The van der Waals surface area contributed by atoms with Crippen molar-refractivity contribution in [3.8, 4) is 0 Å². The van der Waals surface area contributed by atoms with Crippen LogP contribution in [0.2, 0.25) is 0 Å². The van der Waals surface area contributed by atoms with Crippen molar-refractivity contribution in [2.75, 3.05) is 25.0 Å². The first kappa shape index (κ1) is 14.3. The summed E-state index contributed by atoms with van der Waals surface area (Å²) in [6, 6.07) is 4.85. The van der Waals surface area contributed by atoms with Crippen LogP contribution in [-0.2, 0) is 6.54 Å². The van der Waals surface area contributed by atoms with Crippen LogP contribution >= 0.6 is 0 Å². The molecule has 0 unspecified atom stereocenters. The molecule has 1 saturated carbocycles. The van der Waals surface area contributed by atoms with Crippen LogP contribution in [0.1, 0.15) is 38.2 Å². The van der Waals surface area contributed by atoms with Crippen LogP contribution in [-0.4, -0.2) is 40.7 Å². The lowest BCUT2D eigenvalue weighted by molar-refractivity contribution is 0.0945. The minimum absolute atomic E-state index is 0.239. The van der Waals surface area contributed by atoms with Gasteiger partial charge in [0.2, 0.25) is 0 Å². The van der Waals surface area contributed by atoms with E-state index < -0.39 is 0 Å². The second-order valence-corrected chi connectivity index (χ2v) is 5.25. The third-order valence-electron chi connectivity index (χ3n) is 3.74. The summed E-state index contributed by atoms with van der Waals surface area (Å²) in [4.78, 5) is 6.72. The summed E-state index contributed by atoms with van der Waals surface area (Å²) in [7, 11) is 0. The number of anilines is 1. The number of nitrogens with zero attached hydrogens (tertiary/aromatic N) is 2. The summed E-state index contributed by atoms with van der Waals surface area (Å²) >= 11 is 0. The lowest BCUT2D eigenvalue weighted by atomic mass is 9.91. The Hall–Kier alpha value is -1.13. The summed E-state index contributed by atoms with van der Waals surface area (Å²) in [5, 5.41) is 12.5. The van der Waals surface area contributed by atoms with Crippen LogP contribution in [0.3, 0.4) is 0 Å². The Morgan fingerprint density at radius 2 is 2.32 bits per heavy atom. The second-order valence-electron chi connectivity index (χ2n) is 5.25. The summed E-state index contributed by atoms with van der Waals surface area (Å²) in [6.07, 6.45) is 6.83. The average Bonchev–Trinajstić information content (AvgIpc) is 2.35. The molecule has 0 aromatic carbocycles. The van der Waals surface area contributed by atoms with Gasteiger partial charge in [0.25, 0.3) is 0 Å². The maximum Gasteiger partial charge on any atom is 0.126 e. The van der Waals surface area contributed by atoms with Crippen molar-refractivity contribution in [2.45, 2.75) is 45.2 Å². The lowest BCUT2D eigenvalue weighted by Crippen LogP contribution is -2.41. The molecule has 1 aliphatic carbocycles. The van der Waals surface area contributed by atoms with E-state index in [9.17, 15) is 5.11 Å². The number of aliphatic hydroxyl groups is 1. The molecule has 0 saturated heterocycles. The number of nitrogens with one attached hydrogen (secondary N) is 1. The predicted molar refractivity (Wildman–Crippen MR) is 78.2 cm³/mol. The van der Waals surface area contributed by atoms with Crippen LogP contribution in [0.25, 0.3) is 0 Å². The van der Waals surface area contributed by atoms with Gasteiger partial charge in [0.15, 0.2) is 0 Å². The van der Waals surface area contributed by atoms with Crippen LogP contribution in [0.4, 0.5) is 5.82 Å². The molecule has 4 nitrogen and oxygen atoms in total. The van der Waals surface area contributed by atoms with Crippen LogP contribution in [0.5, 0.6) is 0 Å². The molecule has 0 aliphatic heterocycles. The third kappa shape index (κ3) is 4.18. The third-order valence-corrected chi connectivity index (χ3v) is 3.74. The van der Waals surface area contributed by atoms with E-state index in [0.29, 0.717) is 6.04 Å². The van der Waals surface area contributed by atoms with Gasteiger partial charge >= 0.3 is 0 Å². The second kappa shape index (κ2) is 7.46. The Morgan fingerprint density at radius 3 is 2.95 bits per heavy atom. The van der Waals surface area contributed by atoms with Gasteiger partial charge in [-0.05, 0) is 37.0 Å². The van der Waals surface area contributed by atoms with Gasteiger partial charge in [-0.3, -0.25) is 4.90 Å². The van der Waals surface area contributed by atoms with Crippen molar-refractivity contribution in [3.63, 3.8) is 0 Å². The molecule has 0 bridgehead atoms. The number of hydrogen-bond acceptors (Lipinski definition) is 4. The number of hydrogen-bond donors (Lipinski definition) is 2. The zero-order chi connectivity index (χ0) is 13.5. The van der Waals surface area contributed by atoms with E-state index in [1.165, 1.54) is 24.8 Å². The molecule has 0 atom stereocenters. The van der Waals surface area contributed by atoms with Gasteiger partial charge in [-0.25, -0.2) is 4.98 Å². The standard InChI is InChI=1S/C15H25N3O/c1-2-7-16-15-11-13(6-8-17-15)12-18(9-10-19)14-4-3-5-14/h6,8,11,14,19H,2-5,7,9-10,12H2,1H3,(H,16,17). The Balaban J connectivity index is 1.95. The normalized spacial score (nSPS) is 15.5. The summed E-state index contributed by atoms with van der Waals surface area (Å²) in [5.74, 6) is 0.955. The molecule has 1 aromatic rings. The fraction of sp³-hybridized carbons (Fsp3) is 0.667. The molecule has 0 radical (unpaired) electrons. The highest BCUT2D eigenvalue weighted by atomic mass is 16.3. The Labute approximate surface area is 115 Å². The molecule has 1 aromatic heterocycles. The smallest absolute Gasteiger partial charge is 0.126 e. The minimum atomic E-state index is 0.239. The van der Waals surface area contributed by atoms with Gasteiger partial charge in [0.05, 0.1) is 6.61 Å². The highest BCUT2D eigenvalue weighted by Crippen LogP contribution is 2.26. The number of rotatable bonds is 8.